The molecule has 8 heteroatoms. The zero-order valence-corrected chi connectivity index (χ0v) is 13.4. The lowest BCUT2D eigenvalue weighted by atomic mass is 9.85. The smallest absolute Gasteiger partial charge is 0.248 e. The number of fused-ring (bicyclic) bond motifs is 1. The average Bonchev–Trinajstić information content (AvgIpc) is 3.07. The first-order chi connectivity index (χ1) is 11.7. The number of hydrogen-bond acceptors (Lipinski definition) is 7. The number of ether oxygens (including phenoxy) is 2. The van der Waals surface area contributed by atoms with Gasteiger partial charge in [-0.25, -0.2) is 0 Å². The van der Waals surface area contributed by atoms with Crippen molar-refractivity contribution < 1.29 is 14.3 Å². The Labute approximate surface area is 138 Å². The van der Waals surface area contributed by atoms with E-state index in [-0.39, 0.29) is 5.78 Å². The molecule has 1 N–H and O–H groups in total. The molecule has 1 aromatic carbocycles. The summed E-state index contributed by atoms with van der Waals surface area (Å²) in [6.45, 7) is 0. The van der Waals surface area contributed by atoms with Crippen LogP contribution in [0.5, 0.6) is 11.5 Å². The minimum Gasteiger partial charge on any atom is -0.493 e. The third-order valence-corrected chi connectivity index (χ3v) is 4.46. The molecule has 2 heterocycles. The quantitative estimate of drug-likeness (QED) is 0.917. The summed E-state index contributed by atoms with van der Waals surface area (Å²) >= 11 is 0. The summed E-state index contributed by atoms with van der Waals surface area (Å²) in [6, 6.07) is 5.18. The number of tetrazole rings is 1. The van der Waals surface area contributed by atoms with Crippen LogP contribution in [0.4, 0.5) is 5.95 Å². The number of ketones is 1. The highest BCUT2D eigenvalue weighted by Gasteiger charge is 2.38. The Kier molecular flexibility index (Phi) is 3.44. The fraction of sp³-hybridized carbons (Fsp3) is 0.375. The largest absolute Gasteiger partial charge is 0.493 e. The van der Waals surface area contributed by atoms with Crippen molar-refractivity contribution in [1.29, 1.82) is 0 Å². The van der Waals surface area contributed by atoms with E-state index in [0.29, 0.717) is 29.4 Å². The predicted octanol–water partition coefficient (Wildman–Crippen LogP) is 1.71. The number of allylic oxidation sites excluding steroid dienone is 2. The lowest BCUT2D eigenvalue weighted by Crippen LogP contribution is -2.31. The maximum absolute atomic E-state index is 12.6. The van der Waals surface area contributed by atoms with Gasteiger partial charge in [0.25, 0.3) is 0 Å². The van der Waals surface area contributed by atoms with Crippen molar-refractivity contribution in [3.05, 3.63) is 35.0 Å². The first-order valence-corrected chi connectivity index (χ1v) is 7.76. The molecule has 124 valence electrons. The Bertz CT molecular complexity index is 842. The van der Waals surface area contributed by atoms with Gasteiger partial charge < -0.3 is 14.8 Å². The molecule has 1 aromatic heterocycles. The monoisotopic (exact) mass is 327 g/mol. The van der Waals surface area contributed by atoms with Gasteiger partial charge in [0.15, 0.2) is 17.3 Å². The Morgan fingerprint density at radius 2 is 2.12 bits per heavy atom. The minimum absolute atomic E-state index is 0.111. The number of nitrogens with zero attached hydrogens (tertiary/aromatic N) is 4. The number of Topliss-reactive ketones (excluding diaryl/α,β-unsaturated/α-hetero) is 1. The summed E-state index contributed by atoms with van der Waals surface area (Å²) < 4.78 is 12.6. The van der Waals surface area contributed by atoms with Gasteiger partial charge in [-0.1, -0.05) is 17.2 Å². The molecule has 0 bridgehead atoms. The standard InChI is InChI=1S/C16H17N5O3/c1-23-12-8-3-5-9(15(12)24-2)14-13-10(6-4-7-11(13)22)17-16-18-19-20-21(14)16/h3,5,8,14H,4,6-7H2,1-2H3,(H,17,18,20)/t14-/m0/s1. The van der Waals surface area contributed by atoms with Crippen molar-refractivity contribution in [1.82, 2.24) is 20.2 Å². The van der Waals surface area contributed by atoms with Crippen LogP contribution in [0.25, 0.3) is 0 Å². The number of aromatic nitrogens is 4. The average molecular weight is 327 g/mol. The Morgan fingerprint density at radius 1 is 1.25 bits per heavy atom. The normalized spacial score (nSPS) is 19.4. The summed E-state index contributed by atoms with van der Waals surface area (Å²) in [7, 11) is 3.17. The van der Waals surface area contributed by atoms with Crippen molar-refractivity contribution in [3.8, 4) is 11.5 Å². The molecule has 2 aromatic rings. The third-order valence-electron chi connectivity index (χ3n) is 4.46. The Morgan fingerprint density at radius 3 is 2.92 bits per heavy atom. The van der Waals surface area contributed by atoms with Gasteiger partial charge in [0.2, 0.25) is 5.95 Å². The number of methoxy groups -OCH3 is 2. The van der Waals surface area contributed by atoms with Crippen molar-refractivity contribution in [2.75, 3.05) is 19.5 Å². The molecule has 4 rings (SSSR count). The molecule has 0 amide bonds. The van der Waals surface area contributed by atoms with E-state index in [0.717, 1.165) is 24.1 Å². The van der Waals surface area contributed by atoms with E-state index in [9.17, 15) is 4.79 Å². The first-order valence-electron chi connectivity index (χ1n) is 7.76. The fourth-order valence-corrected chi connectivity index (χ4v) is 3.43. The number of anilines is 1. The number of para-hydroxylation sites is 1. The molecule has 0 radical (unpaired) electrons. The lowest BCUT2D eigenvalue weighted by molar-refractivity contribution is -0.116. The second kappa shape index (κ2) is 5.63. The van der Waals surface area contributed by atoms with Crippen LogP contribution in [0.2, 0.25) is 0 Å². The van der Waals surface area contributed by atoms with Crippen LogP contribution >= 0.6 is 0 Å². The third kappa shape index (κ3) is 2.06. The van der Waals surface area contributed by atoms with Gasteiger partial charge in [-0.05, 0) is 29.3 Å². The van der Waals surface area contributed by atoms with Gasteiger partial charge >= 0.3 is 0 Å². The molecule has 0 unspecified atom stereocenters. The van der Waals surface area contributed by atoms with Gasteiger partial charge in [-0.15, -0.1) is 0 Å². The topological polar surface area (TPSA) is 91.2 Å². The molecule has 24 heavy (non-hydrogen) atoms. The van der Waals surface area contributed by atoms with Crippen LogP contribution in [-0.4, -0.2) is 40.2 Å². The van der Waals surface area contributed by atoms with E-state index in [1.165, 1.54) is 0 Å². The number of carbonyl (C=O) groups is 1. The van der Waals surface area contributed by atoms with Gasteiger partial charge in [0.05, 0.1) is 14.2 Å². The van der Waals surface area contributed by atoms with Crippen LogP contribution in [0, 0.1) is 0 Å². The van der Waals surface area contributed by atoms with Gasteiger partial charge in [-0.2, -0.15) is 4.68 Å². The van der Waals surface area contributed by atoms with Crippen molar-refractivity contribution >= 4 is 11.7 Å². The Balaban J connectivity index is 1.96. The predicted molar refractivity (Wildman–Crippen MR) is 85.0 cm³/mol. The molecule has 2 aliphatic rings. The first kappa shape index (κ1) is 14.7. The Hall–Kier alpha value is -2.90. The maximum Gasteiger partial charge on any atom is 0.248 e. The van der Waals surface area contributed by atoms with E-state index >= 15 is 0 Å². The highest BCUT2D eigenvalue weighted by Crippen LogP contribution is 2.44. The summed E-state index contributed by atoms with van der Waals surface area (Å²) in [4.78, 5) is 12.6. The molecule has 0 fully saturated rings. The van der Waals surface area contributed by atoms with E-state index < -0.39 is 6.04 Å². The van der Waals surface area contributed by atoms with Crippen molar-refractivity contribution in [3.63, 3.8) is 0 Å². The minimum atomic E-state index is -0.427. The van der Waals surface area contributed by atoms with Crippen LogP contribution in [0.3, 0.4) is 0 Å². The summed E-state index contributed by atoms with van der Waals surface area (Å²) in [5, 5.41) is 15.0. The molecule has 8 nitrogen and oxygen atoms in total. The van der Waals surface area contributed by atoms with E-state index in [1.807, 2.05) is 18.2 Å². The van der Waals surface area contributed by atoms with Crippen LogP contribution in [-0.2, 0) is 4.79 Å². The maximum atomic E-state index is 12.6. The second-order valence-electron chi connectivity index (χ2n) is 5.73. The molecule has 0 saturated heterocycles. The number of rotatable bonds is 3. The van der Waals surface area contributed by atoms with E-state index in [4.69, 9.17) is 9.47 Å². The molecule has 1 aliphatic carbocycles. The molecule has 1 atom stereocenters. The molecule has 0 saturated carbocycles. The van der Waals surface area contributed by atoms with Crippen LogP contribution in [0.1, 0.15) is 30.9 Å². The molecule has 1 aliphatic heterocycles. The fourth-order valence-electron chi connectivity index (χ4n) is 3.43. The number of hydrogen-bond donors (Lipinski definition) is 1. The van der Waals surface area contributed by atoms with Crippen molar-refractivity contribution in [2.45, 2.75) is 25.3 Å². The van der Waals surface area contributed by atoms with Crippen molar-refractivity contribution in [2.24, 2.45) is 0 Å². The SMILES string of the molecule is COc1cccc([C@H]2C3=C(CCCC3=O)Nc3nnnn32)c1OC. The summed E-state index contributed by atoms with van der Waals surface area (Å²) in [6.07, 6.45) is 2.16. The highest BCUT2D eigenvalue weighted by atomic mass is 16.5. The number of nitrogens with one attached hydrogen (secondary N) is 1. The van der Waals surface area contributed by atoms with Gasteiger partial charge in [-0.3, -0.25) is 4.79 Å². The zero-order chi connectivity index (χ0) is 16.7. The summed E-state index contributed by atoms with van der Waals surface area (Å²) in [5.41, 5.74) is 2.39. The van der Waals surface area contributed by atoms with Gasteiger partial charge in [0, 0.05) is 23.3 Å². The van der Waals surface area contributed by atoms with Crippen LogP contribution < -0.4 is 14.8 Å². The second-order valence-corrected chi connectivity index (χ2v) is 5.73. The molecular weight excluding hydrogens is 310 g/mol. The number of benzene rings is 1. The molecular formula is C16H17N5O3. The van der Waals surface area contributed by atoms with Crippen LogP contribution in [0.15, 0.2) is 29.5 Å². The zero-order valence-electron chi connectivity index (χ0n) is 13.4. The highest BCUT2D eigenvalue weighted by molar-refractivity contribution is 5.99. The van der Waals surface area contributed by atoms with Gasteiger partial charge in [0.1, 0.15) is 6.04 Å². The molecule has 0 spiro atoms. The van der Waals surface area contributed by atoms with E-state index in [2.05, 4.69) is 20.8 Å². The van der Waals surface area contributed by atoms with E-state index in [1.54, 1.807) is 18.9 Å². The number of carbonyl (C=O) groups excluding carboxylic acids is 1. The lowest BCUT2D eigenvalue weighted by Gasteiger charge is -2.32. The summed E-state index contributed by atoms with van der Waals surface area (Å²) in [5.74, 6) is 1.82.